The summed E-state index contributed by atoms with van der Waals surface area (Å²) in [6, 6.07) is 13.2. The molecule has 1 aliphatic carbocycles. The number of aryl methyl sites for hydroxylation is 1. The molecule has 1 aliphatic rings. The lowest BCUT2D eigenvalue weighted by molar-refractivity contribution is -0.117. The highest BCUT2D eigenvalue weighted by Crippen LogP contribution is 2.37. The van der Waals surface area contributed by atoms with E-state index in [4.69, 9.17) is 16.8 Å². The minimum absolute atomic E-state index is 0.404. The van der Waals surface area contributed by atoms with Crippen molar-refractivity contribution in [3.63, 3.8) is 0 Å². The van der Waals surface area contributed by atoms with Gasteiger partial charge in [0.15, 0.2) is 0 Å². The summed E-state index contributed by atoms with van der Waals surface area (Å²) >= 11 is 6.06. The molecule has 0 aromatic heterocycles. The fourth-order valence-electron chi connectivity index (χ4n) is 3.90. The first-order valence-electron chi connectivity index (χ1n) is 9.40. The van der Waals surface area contributed by atoms with Crippen molar-refractivity contribution in [2.45, 2.75) is 32.2 Å². The number of nitrogens with one attached hydrogen (secondary N) is 1. The van der Waals surface area contributed by atoms with E-state index in [1.165, 1.54) is 5.56 Å². The number of amides is 1. The Labute approximate surface area is 170 Å². The van der Waals surface area contributed by atoms with Crippen molar-refractivity contribution < 1.29 is 14.8 Å². The number of carbonyl (C=O) groups is 2. The van der Waals surface area contributed by atoms with E-state index in [0.717, 1.165) is 54.8 Å². The molecule has 3 rings (SSSR count). The van der Waals surface area contributed by atoms with Gasteiger partial charge in [-0.2, -0.15) is 0 Å². The monoisotopic (exact) mass is 400 g/mol. The number of fused-ring (bicyclic) bond motifs is 1. The molecule has 0 saturated heterocycles. The van der Waals surface area contributed by atoms with Gasteiger partial charge in [0.2, 0.25) is 0 Å². The Hall–Kier alpha value is -2.21. The molecular weight excluding hydrogens is 376 g/mol. The Morgan fingerprint density at radius 2 is 2.11 bits per heavy atom. The average molecular weight is 401 g/mol. The molecule has 2 aromatic rings. The summed E-state index contributed by atoms with van der Waals surface area (Å²) in [4.78, 5) is 25.9. The van der Waals surface area contributed by atoms with E-state index in [1.54, 1.807) is 17.6 Å². The van der Waals surface area contributed by atoms with Crippen LogP contribution in [-0.4, -0.2) is 35.9 Å². The van der Waals surface area contributed by atoms with E-state index in [9.17, 15) is 9.59 Å². The quantitative estimate of drug-likeness (QED) is 0.423. The molecular formula is C22H25ClN2O3. The van der Waals surface area contributed by atoms with Crippen molar-refractivity contribution in [1.29, 1.82) is 0 Å². The molecule has 0 fully saturated rings. The largest absolute Gasteiger partial charge is 0.303 e. The molecule has 0 saturated carbocycles. The third kappa shape index (κ3) is 4.79. The summed E-state index contributed by atoms with van der Waals surface area (Å²) in [6.45, 7) is 1.56. The van der Waals surface area contributed by atoms with E-state index >= 15 is 0 Å². The second-order valence-corrected chi connectivity index (χ2v) is 8.14. The van der Waals surface area contributed by atoms with Crippen molar-refractivity contribution in [2.24, 2.45) is 5.41 Å². The number of aldehydes is 1. The van der Waals surface area contributed by atoms with Crippen LogP contribution in [0, 0.1) is 5.41 Å². The summed E-state index contributed by atoms with van der Waals surface area (Å²) in [5.41, 5.74) is 4.96. The van der Waals surface area contributed by atoms with Crippen LogP contribution in [0.25, 0.3) is 0 Å². The van der Waals surface area contributed by atoms with Crippen molar-refractivity contribution in [1.82, 2.24) is 10.4 Å². The Kier molecular flexibility index (Phi) is 6.50. The first-order chi connectivity index (χ1) is 13.4. The molecule has 28 heavy (non-hydrogen) atoms. The number of nitrogens with zero attached hydrogens (tertiary/aromatic N) is 1. The first kappa shape index (κ1) is 20.5. The summed E-state index contributed by atoms with van der Waals surface area (Å²) in [6.07, 6.45) is 4.07. The molecule has 148 valence electrons. The normalized spacial score (nSPS) is 18.6. The molecule has 0 spiro atoms. The smallest absolute Gasteiger partial charge is 0.274 e. The van der Waals surface area contributed by atoms with Gasteiger partial charge in [0.1, 0.15) is 6.29 Å². The van der Waals surface area contributed by atoms with Crippen LogP contribution < -0.4 is 5.48 Å². The number of hydroxylamine groups is 1. The highest BCUT2D eigenvalue weighted by atomic mass is 35.5. The molecule has 1 atom stereocenters. The highest BCUT2D eigenvalue weighted by molar-refractivity contribution is 6.30. The van der Waals surface area contributed by atoms with Gasteiger partial charge in [-0.15, -0.1) is 0 Å². The number of halogens is 1. The maximum absolute atomic E-state index is 12.0. The predicted molar refractivity (Wildman–Crippen MR) is 109 cm³/mol. The molecule has 0 radical (unpaired) electrons. The molecule has 5 nitrogen and oxygen atoms in total. The SMILES string of the molecule is CN(CC[C@@]1(C=O)CCc2ccc(C(=O)NO)cc2C1)Cc1cccc(Cl)c1. The third-order valence-corrected chi connectivity index (χ3v) is 5.82. The molecule has 1 amide bonds. The summed E-state index contributed by atoms with van der Waals surface area (Å²) in [5, 5.41) is 9.58. The second-order valence-electron chi connectivity index (χ2n) is 7.70. The van der Waals surface area contributed by atoms with Gasteiger partial charge >= 0.3 is 0 Å². The van der Waals surface area contributed by atoms with Crippen molar-refractivity contribution in [3.8, 4) is 0 Å². The van der Waals surface area contributed by atoms with Gasteiger partial charge in [-0.25, -0.2) is 5.48 Å². The number of benzene rings is 2. The van der Waals surface area contributed by atoms with Gasteiger partial charge in [-0.1, -0.05) is 29.8 Å². The van der Waals surface area contributed by atoms with Crippen LogP contribution in [0.15, 0.2) is 42.5 Å². The lowest BCUT2D eigenvalue weighted by atomic mass is 9.70. The molecule has 6 heteroatoms. The third-order valence-electron chi connectivity index (χ3n) is 5.59. The Morgan fingerprint density at radius 1 is 1.29 bits per heavy atom. The van der Waals surface area contributed by atoms with Gasteiger partial charge in [-0.3, -0.25) is 10.0 Å². The van der Waals surface area contributed by atoms with Crippen LogP contribution in [0.2, 0.25) is 5.02 Å². The fraction of sp³-hybridized carbons (Fsp3) is 0.364. The van der Waals surface area contributed by atoms with Crippen molar-refractivity contribution in [3.05, 3.63) is 69.7 Å². The van der Waals surface area contributed by atoms with Crippen molar-refractivity contribution in [2.75, 3.05) is 13.6 Å². The molecule has 2 N–H and O–H groups in total. The van der Waals surface area contributed by atoms with Gasteiger partial charge in [-0.05, 0) is 80.2 Å². The topological polar surface area (TPSA) is 69.6 Å². The highest BCUT2D eigenvalue weighted by Gasteiger charge is 2.34. The van der Waals surface area contributed by atoms with Crippen LogP contribution in [0.5, 0.6) is 0 Å². The van der Waals surface area contributed by atoms with E-state index in [-0.39, 0.29) is 0 Å². The van der Waals surface area contributed by atoms with E-state index in [1.807, 2.05) is 37.4 Å². The van der Waals surface area contributed by atoms with Gasteiger partial charge < -0.3 is 9.69 Å². The van der Waals surface area contributed by atoms with Gasteiger partial charge in [0.25, 0.3) is 5.91 Å². The zero-order valence-electron chi connectivity index (χ0n) is 16.0. The van der Waals surface area contributed by atoms with E-state index < -0.39 is 11.3 Å². The molecule has 2 aromatic carbocycles. The number of hydrogen-bond acceptors (Lipinski definition) is 4. The first-order valence-corrected chi connectivity index (χ1v) is 9.78. The van der Waals surface area contributed by atoms with Crippen LogP contribution in [-0.2, 0) is 24.2 Å². The van der Waals surface area contributed by atoms with Crippen LogP contribution in [0.3, 0.4) is 0 Å². The lowest BCUT2D eigenvalue weighted by Crippen LogP contribution is -2.35. The minimum Gasteiger partial charge on any atom is -0.303 e. The van der Waals surface area contributed by atoms with Crippen LogP contribution in [0.4, 0.5) is 0 Å². The lowest BCUT2D eigenvalue weighted by Gasteiger charge is -2.35. The standard InChI is InChI=1S/C22H25ClN2O3/c1-25(14-16-3-2-4-20(23)11-16)10-9-22(15-26)8-7-17-5-6-18(21(27)24-28)12-19(17)13-22/h2-6,11-12,15,28H,7-10,13-14H2,1H3,(H,24,27)/t22-/m0/s1. The summed E-state index contributed by atoms with van der Waals surface area (Å²) in [7, 11) is 2.04. The van der Waals surface area contributed by atoms with Crippen molar-refractivity contribution >= 4 is 23.8 Å². The number of rotatable bonds is 7. The zero-order chi connectivity index (χ0) is 20.1. The second kappa shape index (κ2) is 8.86. The average Bonchev–Trinajstić information content (AvgIpc) is 2.71. The zero-order valence-corrected chi connectivity index (χ0v) is 16.7. The molecule has 0 unspecified atom stereocenters. The molecule has 0 heterocycles. The maximum atomic E-state index is 12.0. The summed E-state index contributed by atoms with van der Waals surface area (Å²) < 4.78 is 0. The van der Waals surface area contributed by atoms with Gasteiger partial charge in [0.05, 0.1) is 0 Å². The summed E-state index contributed by atoms with van der Waals surface area (Å²) in [5.74, 6) is -0.536. The molecule has 0 bridgehead atoms. The van der Waals surface area contributed by atoms with E-state index in [0.29, 0.717) is 12.0 Å². The van der Waals surface area contributed by atoms with E-state index in [2.05, 4.69) is 4.90 Å². The Morgan fingerprint density at radius 3 is 2.82 bits per heavy atom. The predicted octanol–water partition coefficient (Wildman–Crippen LogP) is 3.66. The van der Waals surface area contributed by atoms with Crippen LogP contribution >= 0.6 is 11.6 Å². The number of carbonyl (C=O) groups excluding carboxylic acids is 2. The molecule has 0 aliphatic heterocycles. The van der Waals surface area contributed by atoms with Gasteiger partial charge in [0, 0.05) is 22.5 Å². The maximum Gasteiger partial charge on any atom is 0.274 e. The Balaban J connectivity index is 1.67. The Bertz CT molecular complexity index is 871. The van der Waals surface area contributed by atoms with Crippen LogP contribution in [0.1, 0.15) is 39.9 Å². The minimum atomic E-state index is -0.536. The fourth-order valence-corrected chi connectivity index (χ4v) is 4.12. The number of hydrogen-bond donors (Lipinski definition) is 2.